The molecule has 0 aliphatic carbocycles. The maximum atomic E-state index is 2.44. The number of hydrogen-bond acceptors (Lipinski definition) is 2. The standard InChI is InChI=1S/C14H28N2/c1-6-14(12(2)3)11-16(5)10-13-7-8-15(4)9-13/h11-13H,6-10H2,1-5H3/b14-11+. The summed E-state index contributed by atoms with van der Waals surface area (Å²) in [6.45, 7) is 10.6. The first-order chi connectivity index (χ1) is 7.52. The number of likely N-dealkylation sites (tertiary alicyclic amines) is 1. The second kappa shape index (κ2) is 6.29. The summed E-state index contributed by atoms with van der Waals surface area (Å²) in [5, 5.41) is 0. The average Bonchev–Trinajstić information content (AvgIpc) is 2.60. The lowest BCUT2D eigenvalue weighted by Crippen LogP contribution is -2.24. The van der Waals surface area contributed by atoms with Gasteiger partial charge in [-0.2, -0.15) is 0 Å². The Labute approximate surface area is 101 Å². The van der Waals surface area contributed by atoms with Crippen LogP contribution in [0.1, 0.15) is 33.6 Å². The Bertz CT molecular complexity index is 233. The van der Waals surface area contributed by atoms with Crippen molar-refractivity contribution in [2.24, 2.45) is 11.8 Å². The van der Waals surface area contributed by atoms with E-state index < -0.39 is 0 Å². The molecule has 1 unspecified atom stereocenters. The van der Waals surface area contributed by atoms with Crippen molar-refractivity contribution >= 4 is 0 Å². The molecule has 0 radical (unpaired) electrons. The topological polar surface area (TPSA) is 6.48 Å². The van der Waals surface area contributed by atoms with E-state index in [0.29, 0.717) is 5.92 Å². The second-order valence-electron chi connectivity index (χ2n) is 5.57. The zero-order valence-corrected chi connectivity index (χ0v) is 11.7. The van der Waals surface area contributed by atoms with Gasteiger partial charge >= 0.3 is 0 Å². The van der Waals surface area contributed by atoms with Crippen LogP contribution in [0, 0.1) is 11.8 Å². The van der Waals surface area contributed by atoms with E-state index in [2.05, 4.69) is 50.9 Å². The molecular formula is C14H28N2. The molecule has 1 rings (SSSR count). The minimum atomic E-state index is 0.679. The Morgan fingerprint density at radius 2 is 2.19 bits per heavy atom. The fourth-order valence-corrected chi connectivity index (χ4v) is 2.57. The highest BCUT2D eigenvalue weighted by Gasteiger charge is 2.20. The van der Waals surface area contributed by atoms with E-state index in [0.717, 1.165) is 5.92 Å². The predicted octanol–water partition coefficient (Wildman–Crippen LogP) is 2.82. The maximum absolute atomic E-state index is 2.44. The molecule has 2 heteroatoms. The number of nitrogens with zero attached hydrogens (tertiary/aromatic N) is 2. The molecule has 1 fully saturated rings. The fraction of sp³-hybridized carbons (Fsp3) is 0.857. The molecule has 1 aliphatic heterocycles. The molecule has 1 atom stereocenters. The summed E-state index contributed by atoms with van der Waals surface area (Å²) < 4.78 is 0. The van der Waals surface area contributed by atoms with Crippen LogP contribution in [0.25, 0.3) is 0 Å². The van der Waals surface area contributed by atoms with Gasteiger partial charge in [-0.05, 0) is 44.5 Å². The van der Waals surface area contributed by atoms with Crippen molar-refractivity contribution < 1.29 is 0 Å². The van der Waals surface area contributed by atoms with Gasteiger partial charge in [0.2, 0.25) is 0 Å². The maximum Gasteiger partial charge on any atom is 0.0210 e. The molecule has 0 aromatic rings. The molecule has 0 spiro atoms. The normalized spacial score (nSPS) is 23.1. The van der Waals surface area contributed by atoms with E-state index in [9.17, 15) is 0 Å². The van der Waals surface area contributed by atoms with Gasteiger partial charge in [-0.3, -0.25) is 0 Å². The molecule has 0 amide bonds. The molecule has 0 aromatic heterocycles. The van der Waals surface area contributed by atoms with Gasteiger partial charge in [0.25, 0.3) is 0 Å². The van der Waals surface area contributed by atoms with E-state index in [1.807, 2.05) is 0 Å². The molecule has 2 nitrogen and oxygen atoms in total. The fourth-order valence-electron chi connectivity index (χ4n) is 2.57. The van der Waals surface area contributed by atoms with E-state index in [-0.39, 0.29) is 0 Å². The molecule has 1 aliphatic rings. The first-order valence-electron chi connectivity index (χ1n) is 6.62. The van der Waals surface area contributed by atoms with Crippen LogP contribution in [0.3, 0.4) is 0 Å². The molecular weight excluding hydrogens is 196 g/mol. The minimum absolute atomic E-state index is 0.679. The second-order valence-corrected chi connectivity index (χ2v) is 5.57. The summed E-state index contributed by atoms with van der Waals surface area (Å²) in [6.07, 6.45) is 4.90. The number of allylic oxidation sites excluding steroid dienone is 1. The van der Waals surface area contributed by atoms with Crippen LogP contribution in [-0.4, -0.2) is 43.5 Å². The average molecular weight is 224 g/mol. The molecule has 0 bridgehead atoms. The van der Waals surface area contributed by atoms with E-state index in [1.54, 1.807) is 5.57 Å². The van der Waals surface area contributed by atoms with Crippen LogP contribution in [0.4, 0.5) is 0 Å². The van der Waals surface area contributed by atoms with Crippen LogP contribution in [0.2, 0.25) is 0 Å². The van der Waals surface area contributed by atoms with Crippen molar-refractivity contribution in [3.05, 3.63) is 11.8 Å². The number of hydrogen-bond donors (Lipinski definition) is 0. The third-order valence-corrected chi connectivity index (χ3v) is 3.57. The monoisotopic (exact) mass is 224 g/mol. The summed E-state index contributed by atoms with van der Waals surface area (Å²) in [5.74, 6) is 1.54. The van der Waals surface area contributed by atoms with Crippen molar-refractivity contribution in [3.8, 4) is 0 Å². The Kier molecular flexibility index (Phi) is 5.33. The van der Waals surface area contributed by atoms with Gasteiger partial charge in [0.05, 0.1) is 0 Å². The van der Waals surface area contributed by atoms with E-state index in [1.165, 1.54) is 32.5 Å². The van der Waals surface area contributed by atoms with Crippen molar-refractivity contribution in [2.75, 3.05) is 33.7 Å². The Morgan fingerprint density at radius 1 is 1.50 bits per heavy atom. The highest BCUT2D eigenvalue weighted by molar-refractivity contribution is 5.03. The molecule has 1 saturated heterocycles. The largest absolute Gasteiger partial charge is 0.380 e. The quantitative estimate of drug-likeness (QED) is 0.708. The van der Waals surface area contributed by atoms with Crippen LogP contribution >= 0.6 is 0 Å². The van der Waals surface area contributed by atoms with Gasteiger partial charge < -0.3 is 9.80 Å². The van der Waals surface area contributed by atoms with Gasteiger partial charge in [0.15, 0.2) is 0 Å². The van der Waals surface area contributed by atoms with Crippen molar-refractivity contribution in [3.63, 3.8) is 0 Å². The zero-order chi connectivity index (χ0) is 12.1. The summed E-state index contributed by atoms with van der Waals surface area (Å²) >= 11 is 0. The van der Waals surface area contributed by atoms with Crippen LogP contribution in [-0.2, 0) is 0 Å². The number of rotatable bonds is 5. The highest BCUT2D eigenvalue weighted by Crippen LogP contribution is 2.18. The first-order valence-corrected chi connectivity index (χ1v) is 6.62. The predicted molar refractivity (Wildman–Crippen MR) is 71.4 cm³/mol. The molecule has 0 N–H and O–H groups in total. The van der Waals surface area contributed by atoms with Gasteiger partial charge in [0.1, 0.15) is 0 Å². The van der Waals surface area contributed by atoms with Crippen LogP contribution < -0.4 is 0 Å². The third-order valence-electron chi connectivity index (χ3n) is 3.57. The molecule has 0 saturated carbocycles. The molecule has 94 valence electrons. The minimum Gasteiger partial charge on any atom is -0.380 e. The third kappa shape index (κ3) is 4.17. The molecule has 1 heterocycles. The zero-order valence-electron chi connectivity index (χ0n) is 11.7. The highest BCUT2D eigenvalue weighted by atomic mass is 15.1. The first kappa shape index (κ1) is 13.6. The lowest BCUT2D eigenvalue weighted by molar-refractivity contribution is 0.335. The lowest BCUT2D eigenvalue weighted by Gasteiger charge is -2.22. The van der Waals surface area contributed by atoms with E-state index in [4.69, 9.17) is 0 Å². The molecule has 16 heavy (non-hydrogen) atoms. The molecule has 0 aromatic carbocycles. The summed E-state index contributed by atoms with van der Waals surface area (Å²) in [5.41, 5.74) is 1.56. The smallest absolute Gasteiger partial charge is 0.0210 e. The van der Waals surface area contributed by atoms with Gasteiger partial charge in [-0.25, -0.2) is 0 Å². The van der Waals surface area contributed by atoms with E-state index >= 15 is 0 Å². The van der Waals surface area contributed by atoms with Crippen LogP contribution in [0.15, 0.2) is 11.8 Å². The van der Waals surface area contributed by atoms with Crippen molar-refractivity contribution in [1.29, 1.82) is 0 Å². The summed E-state index contributed by atoms with van der Waals surface area (Å²) in [7, 11) is 4.44. The summed E-state index contributed by atoms with van der Waals surface area (Å²) in [4.78, 5) is 4.83. The lowest BCUT2D eigenvalue weighted by atomic mass is 10.0. The van der Waals surface area contributed by atoms with Gasteiger partial charge in [-0.15, -0.1) is 0 Å². The Balaban J connectivity index is 2.42. The van der Waals surface area contributed by atoms with Gasteiger partial charge in [0, 0.05) is 20.1 Å². The van der Waals surface area contributed by atoms with Gasteiger partial charge in [-0.1, -0.05) is 26.3 Å². The SMILES string of the molecule is CC/C(=C\N(C)CC1CCN(C)C1)C(C)C. The Morgan fingerprint density at radius 3 is 2.62 bits per heavy atom. The Hall–Kier alpha value is -0.500. The summed E-state index contributed by atoms with van der Waals surface area (Å²) in [6, 6.07) is 0. The van der Waals surface area contributed by atoms with Crippen molar-refractivity contribution in [2.45, 2.75) is 33.6 Å². The van der Waals surface area contributed by atoms with Crippen molar-refractivity contribution in [1.82, 2.24) is 9.80 Å². The van der Waals surface area contributed by atoms with Crippen LogP contribution in [0.5, 0.6) is 0 Å².